The lowest BCUT2D eigenvalue weighted by Crippen LogP contribution is -2.47. The third-order valence-electron chi connectivity index (χ3n) is 4.59. The number of hydrogen-bond acceptors (Lipinski definition) is 4. The van der Waals surface area contributed by atoms with Gasteiger partial charge in [0.15, 0.2) is 0 Å². The van der Waals surface area contributed by atoms with Crippen molar-refractivity contribution in [3.8, 4) is 11.5 Å². The monoisotopic (exact) mass is 336 g/mol. The summed E-state index contributed by atoms with van der Waals surface area (Å²) in [6.07, 6.45) is 0.671. The van der Waals surface area contributed by atoms with Crippen molar-refractivity contribution in [2.24, 2.45) is 11.8 Å². The Morgan fingerprint density at radius 3 is 2.58 bits per heavy atom. The predicted molar refractivity (Wildman–Crippen MR) is 89.8 cm³/mol. The number of benzene rings is 1. The molecule has 7 heteroatoms. The summed E-state index contributed by atoms with van der Waals surface area (Å²) in [6.45, 7) is 4.50. The van der Waals surface area contributed by atoms with Gasteiger partial charge in [-0.05, 0) is 19.3 Å². The summed E-state index contributed by atoms with van der Waals surface area (Å²) in [6, 6.07) is 3.15. The molecule has 0 radical (unpaired) electrons. The first-order valence-corrected chi connectivity index (χ1v) is 7.88. The van der Waals surface area contributed by atoms with E-state index < -0.39 is 11.9 Å². The molecule has 1 aromatic carbocycles. The van der Waals surface area contributed by atoms with Crippen molar-refractivity contribution in [3.63, 3.8) is 0 Å². The van der Waals surface area contributed by atoms with Gasteiger partial charge in [-0.15, -0.1) is 0 Å². The molecule has 2 rings (SSSR count). The number of carboxylic acid groups (broad SMARTS) is 1. The van der Waals surface area contributed by atoms with Crippen LogP contribution in [0.15, 0.2) is 12.1 Å². The number of amides is 2. The molecule has 132 valence electrons. The molecule has 0 spiro atoms. The molecular formula is C17H24N2O5. The smallest absolute Gasteiger partial charge is 0.321 e. The second kappa shape index (κ2) is 7.42. The van der Waals surface area contributed by atoms with E-state index in [1.807, 2.05) is 13.8 Å². The van der Waals surface area contributed by atoms with E-state index in [0.29, 0.717) is 30.2 Å². The van der Waals surface area contributed by atoms with Crippen molar-refractivity contribution in [1.29, 1.82) is 0 Å². The molecule has 24 heavy (non-hydrogen) atoms. The van der Waals surface area contributed by atoms with Crippen molar-refractivity contribution >= 4 is 17.7 Å². The molecule has 7 nitrogen and oxygen atoms in total. The number of hydrogen-bond donors (Lipinski definition) is 2. The van der Waals surface area contributed by atoms with Gasteiger partial charge in [0.25, 0.3) is 0 Å². The molecule has 2 unspecified atom stereocenters. The van der Waals surface area contributed by atoms with Crippen LogP contribution in [-0.4, -0.2) is 49.3 Å². The van der Waals surface area contributed by atoms with Crippen LogP contribution in [0.1, 0.15) is 18.9 Å². The van der Waals surface area contributed by atoms with Crippen molar-refractivity contribution in [3.05, 3.63) is 17.7 Å². The second-order valence-electron chi connectivity index (χ2n) is 6.09. The number of aliphatic carboxylic acids is 1. The normalized spacial score (nSPS) is 20.4. The molecule has 1 heterocycles. The number of anilines is 1. The lowest BCUT2D eigenvalue weighted by Gasteiger charge is -2.35. The molecular weight excluding hydrogens is 312 g/mol. The summed E-state index contributed by atoms with van der Waals surface area (Å²) in [4.78, 5) is 25.4. The van der Waals surface area contributed by atoms with E-state index in [0.717, 1.165) is 5.56 Å². The summed E-state index contributed by atoms with van der Waals surface area (Å²) in [5.74, 6) is -0.154. The predicted octanol–water partition coefficient (Wildman–Crippen LogP) is 2.59. The molecule has 0 saturated carbocycles. The van der Waals surface area contributed by atoms with Crippen molar-refractivity contribution in [2.45, 2.75) is 20.3 Å². The third-order valence-corrected chi connectivity index (χ3v) is 4.59. The molecule has 0 bridgehead atoms. The molecule has 1 aliphatic heterocycles. The van der Waals surface area contributed by atoms with Crippen LogP contribution in [0.5, 0.6) is 11.5 Å². The molecule has 2 N–H and O–H groups in total. The van der Waals surface area contributed by atoms with Gasteiger partial charge in [-0.3, -0.25) is 4.79 Å². The van der Waals surface area contributed by atoms with Crippen molar-refractivity contribution in [2.75, 3.05) is 32.6 Å². The fourth-order valence-corrected chi connectivity index (χ4v) is 2.89. The van der Waals surface area contributed by atoms with Crippen molar-refractivity contribution < 1.29 is 24.2 Å². The quantitative estimate of drug-likeness (QED) is 0.882. The zero-order valence-electron chi connectivity index (χ0n) is 14.5. The molecule has 1 aliphatic rings. The fourth-order valence-electron chi connectivity index (χ4n) is 2.89. The summed E-state index contributed by atoms with van der Waals surface area (Å²) < 4.78 is 10.5. The lowest BCUT2D eigenvalue weighted by atomic mass is 9.87. The Balaban J connectivity index is 2.16. The molecule has 1 fully saturated rings. The highest BCUT2D eigenvalue weighted by atomic mass is 16.5. The highest BCUT2D eigenvalue weighted by Gasteiger charge is 2.33. The largest absolute Gasteiger partial charge is 0.497 e. The Hall–Kier alpha value is -2.44. The maximum absolute atomic E-state index is 12.5. The standard InChI is InChI=1S/C17H24N2O5/c1-10-5-6-19(9-13(10)16(20)21)17(22)18-14-7-12(23-3)8-15(24-4)11(14)2/h7-8,10,13H,5-6,9H2,1-4H3,(H,18,22)(H,20,21). The van der Waals surface area contributed by atoms with Crippen LogP contribution in [0.25, 0.3) is 0 Å². The van der Waals surface area contributed by atoms with Crippen LogP contribution >= 0.6 is 0 Å². The number of carbonyl (C=O) groups is 2. The summed E-state index contributed by atoms with van der Waals surface area (Å²) in [7, 11) is 3.09. The van der Waals surface area contributed by atoms with Crippen LogP contribution in [0, 0.1) is 18.8 Å². The first-order chi connectivity index (χ1) is 11.4. The number of ether oxygens (including phenoxy) is 2. The Kier molecular flexibility index (Phi) is 5.54. The third kappa shape index (κ3) is 3.72. The number of piperidine rings is 1. The molecule has 0 aromatic heterocycles. The maximum Gasteiger partial charge on any atom is 0.321 e. The van der Waals surface area contributed by atoms with E-state index in [1.54, 1.807) is 31.3 Å². The topological polar surface area (TPSA) is 88.1 Å². The first-order valence-electron chi connectivity index (χ1n) is 7.88. The van der Waals surface area contributed by atoms with E-state index in [-0.39, 0.29) is 18.5 Å². The summed E-state index contributed by atoms with van der Waals surface area (Å²) in [5, 5.41) is 12.1. The van der Waals surface area contributed by atoms with Gasteiger partial charge >= 0.3 is 12.0 Å². The zero-order chi connectivity index (χ0) is 17.9. The number of methoxy groups -OCH3 is 2. The molecule has 1 saturated heterocycles. The average Bonchev–Trinajstić information content (AvgIpc) is 2.56. The van der Waals surface area contributed by atoms with Gasteiger partial charge < -0.3 is 24.8 Å². The molecule has 0 aliphatic carbocycles. The number of likely N-dealkylation sites (tertiary alicyclic amines) is 1. The van der Waals surface area contributed by atoms with Gasteiger partial charge in [-0.2, -0.15) is 0 Å². The number of nitrogens with zero attached hydrogens (tertiary/aromatic N) is 1. The van der Waals surface area contributed by atoms with Crippen LogP contribution in [0.4, 0.5) is 10.5 Å². The Labute approximate surface area is 141 Å². The second-order valence-corrected chi connectivity index (χ2v) is 6.09. The van der Waals surface area contributed by atoms with Gasteiger partial charge in [-0.25, -0.2) is 4.79 Å². The minimum Gasteiger partial charge on any atom is -0.497 e. The Morgan fingerprint density at radius 1 is 1.29 bits per heavy atom. The molecule has 2 amide bonds. The Bertz CT molecular complexity index is 632. The van der Waals surface area contributed by atoms with Gasteiger partial charge in [0, 0.05) is 30.8 Å². The van der Waals surface area contributed by atoms with E-state index in [4.69, 9.17) is 9.47 Å². The van der Waals surface area contributed by atoms with E-state index in [2.05, 4.69) is 5.32 Å². The summed E-state index contributed by atoms with van der Waals surface area (Å²) in [5.41, 5.74) is 1.37. The van der Waals surface area contributed by atoms with Gasteiger partial charge in [0.05, 0.1) is 25.8 Å². The van der Waals surface area contributed by atoms with Crippen molar-refractivity contribution in [1.82, 2.24) is 4.90 Å². The van der Waals surface area contributed by atoms with Gasteiger partial charge in [-0.1, -0.05) is 6.92 Å². The number of carboxylic acids is 1. The van der Waals surface area contributed by atoms with Crippen LogP contribution in [-0.2, 0) is 4.79 Å². The molecule has 2 atom stereocenters. The van der Waals surface area contributed by atoms with E-state index in [1.165, 1.54) is 0 Å². The zero-order valence-corrected chi connectivity index (χ0v) is 14.5. The minimum atomic E-state index is -0.862. The first kappa shape index (κ1) is 17.9. The minimum absolute atomic E-state index is 0.0604. The average molecular weight is 336 g/mol. The highest BCUT2D eigenvalue weighted by molar-refractivity contribution is 5.91. The van der Waals surface area contributed by atoms with E-state index >= 15 is 0 Å². The van der Waals surface area contributed by atoms with Gasteiger partial charge in [0.2, 0.25) is 0 Å². The Morgan fingerprint density at radius 2 is 2.00 bits per heavy atom. The van der Waals surface area contributed by atoms with E-state index in [9.17, 15) is 14.7 Å². The summed E-state index contributed by atoms with van der Waals surface area (Å²) >= 11 is 0. The molecule has 1 aromatic rings. The number of nitrogens with one attached hydrogen (secondary N) is 1. The van der Waals surface area contributed by atoms with Gasteiger partial charge in [0.1, 0.15) is 11.5 Å². The van der Waals surface area contributed by atoms with Crippen LogP contribution in [0.2, 0.25) is 0 Å². The number of rotatable bonds is 4. The number of urea groups is 1. The lowest BCUT2D eigenvalue weighted by molar-refractivity contribution is -0.145. The SMILES string of the molecule is COc1cc(NC(=O)N2CCC(C)C(C(=O)O)C2)c(C)c(OC)c1. The highest BCUT2D eigenvalue weighted by Crippen LogP contribution is 2.32. The fraction of sp³-hybridized carbons (Fsp3) is 0.529. The van der Waals surface area contributed by atoms with Crippen LogP contribution < -0.4 is 14.8 Å². The maximum atomic E-state index is 12.5. The van der Waals surface area contributed by atoms with Crippen LogP contribution in [0.3, 0.4) is 0 Å². The number of carbonyl (C=O) groups excluding carboxylic acids is 1.